The first-order valence-electron chi connectivity index (χ1n) is 5.52. The molecule has 3 nitrogen and oxygen atoms in total. The molecule has 2 aliphatic rings. The largest absolute Gasteiger partial charge is 0.481 e. The van der Waals surface area contributed by atoms with Crippen LogP contribution in [0.4, 0.5) is 0 Å². The summed E-state index contributed by atoms with van der Waals surface area (Å²) in [4.78, 5) is 15.2. The van der Waals surface area contributed by atoms with Crippen LogP contribution in [0.1, 0.15) is 19.8 Å². The summed E-state index contributed by atoms with van der Waals surface area (Å²) in [5.74, 6) is -0.900. The van der Waals surface area contributed by atoms with Gasteiger partial charge in [-0.3, -0.25) is 9.79 Å². The van der Waals surface area contributed by atoms with E-state index >= 15 is 0 Å². The van der Waals surface area contributed by atoms with Crippen LogP contribution in [0.25, 0.3) is 0 Å². The van der Waals surface area contributed by atoms with Crippen molar-refractivity contribution in [3.63, 3.8) is 0 Å². The summed E-state index contributed by atoms with van der Waals surface area (Å²) in [7, 11) is 0. The number of carboxylic acids is 1. The van der Waals surface area contributed by atoms with Gasteiger partial charge in [-0.2, -0.15) is 0 Å². The molecule has 0 aromatic rings. The molecule has 0 amide bonds. The van der Waals surface area contributed by atoms with Gasteiger partial charge in [-0.1, -0.05) is 25.2 Å². The van der Waals surface area contributed by atoms with Gasteiger partial charge in [0.25, 0.3) is 0 Å². The van der Waals surface area contributed by atoms with Crippen LogP contribution in [0.2, 0.25) is 0 Å². The smallest absolute Gasteiger partial charge is 0.306 e. The molecule has 2 unspecified atom stereocenters. The fourth-order valence-corrected chi connectivity index (χ4v) is 2.01. The van der Waals surface area contributed by atoms with Crippen LogP contribution in [0.5, 0.6) is 0 Å². The van der Waals surface area contributed by atoms with Crippen LogP contribution in [-0.2, 0) is 4.79 Å². The Balaban J connectivity index is 2.12. The van der Waals surface area contributed by atoms with Gasteiger partial charge in [-0.25, -0.2) is 0 Å². The van der Waals surface area contributed by atoms with Crippen LogP contribution in [0, 0.1) is 11.8 Å². The lowest BCUT2D eigenvalue weighted by Crippen LogP contribution is -2.15. The van der Waals surface area contributed by atoms with Gasteiger partial charge in [0, 0.05) is 12.1 Å². The standard InChI is InChI=1S/C13H15NO2/c1-9(13(15)16)7-10-8-14-12-6-4-2-3-5-11(10)12/h2,4-6,8-10H,3,7H2,1H3,(H,15,16). The zero-order valence-electron chi connectivity index (χ0n) is 9.26. The highest BCUT2D eigenvalue weighted by molar-refractivity contribution is 5.77. The van der Waals surface area contributed by atoms with Gasteiger partial charge >= 0.3 is 5.97 Å². The molecule has 0 saturated heterocycles. The monoisotopic (exact) mass is 217 g/mol. The minimum absolute atomic E-state index is 0.164. The number of carboxylic acid groups (broad SMARTS) is 1. The van der Waals surface area contributed by atoms with Crippen molar-refractivity contribution in [2.75, 3.05) is 0 Å². The first-order valence-corrected chi connectivity index (χ1v) is 5.52. The lowest BCUT2D eigenvalue weighted by atomic mass is 9.90. The first-order chi connectivity index (χ1) is 7.68. The van der Waals surface area contributed by atoms with Crippen LogP contribution in [0.3, 0.4) is 0 Å². The molecule has 0 aromatic carbocycles. The zero-order valence-corrected chi connectivity index (χ0v) is 9.26. The van der Waals surface area contributed by atoms with Crippen molar-refractivity contribution in [3.05, 3.63) is 35.6 Å². The molecule has 2 rings (SSSR count). The molecule has 0 bridgehead atoms. The van der Waals surface area contributed by atoms with Gasteiger partial charge in [0.15, 0.2) is 0 Å². The predicted molar refractivity (Wildman–Crippen MR) is 63.3 cm³/mol. The van der Waals surface area contributed by atoms with E-state index < -0.39 is 5.97 Å². The van der Waals surface area contributed by atoms with E-state index in [1.54, 1.807) is 6.92 Å². The van der Waals surface area contributed by atoms with E-state index in [1.807, 2.05) is 18.4 Å². The number of nitrogens with zero attached hydrogens (tertiary/aromatic N) is 1. The Morgan fingerprint density at radius 1 is 1.69 bits per heavy atom. The van der Waals surface area contributed by atoms with Gasteiger partial charge in [0.2, 0.25) is 0 Å². The van der Waals surface area contributed by atoms with Gasteiger partial charge < -0.3 is 5.11 Å². The highest BCUT2D eigenvalue weighted by atomic mass is 16.4. The van der Waals surface area contributed by atoms with E-state index in [4.69, 9.17) is 5.11 Å². The quantitative estimate of drug-likeness (QED) is 0.789. The van der Waals surface area contributed by atoms with Crippen molar-refractivity contribution >= 4 is 12.2 Å². The molecular weight excluding hydrogens is 202 g/mol. The Kier molecular flexibility index (Phi) is 3.04. The molecule has 84 valence electrons. The van der Waals surface area contributed by atoms with Crippen molar-refractivity contribution < 1.29 is 9.90 Å². The van der Waals surface area contributed by atoms with Crippen molar-refractivity contribution in [3.8, 4) is 0 Å². The normalized spacial score (nSPS) is 24.4. The lowest BCUT2D eigenvalue weighted by Gasteiger charge is -2.13. The summed E-state index contributed by atoms with van der Waals surface area (Å²) < 4.78 is 0. The molecule has 0 aromatic heterocycles. The number of fused-ring (bicyclic) bond motifs is 1. The molecule has 1 aliphatic heterocycles. The number of carbonyl (C=O) groups is 1. The molecule has 0 spiro atoms. The third kappa shape index (κ3) is 2.13. The van der Waals surface area contributed by atoms with E-state index in [1.165, 1.54) is 5.57 Å². The van der Waals surface area contributed by atoms with Crippen molar-refractivity contribution in [1.82, 2.24) is 0 Å². The third-order valence-electron chi connectivity index (χ3n) is 2.98. The third-order valence-corrected chi connectivity index (χ3v) is 2.98. The molecule has 0 fully saturated rings. The maximum atomic E-state index is 10.8. The summed E-state index contributed by atoms with van der Waals surface area (Å²) in [5, 5.41) is 8.90. The Labute approximate surface area is 94.9 Å². The average molecular weight is 217 g/mol. The SMILES string of the molecule is CC(CC1C=NC2=CC=CCC=C21)C(=O)O. The molecule has 3 heteroatoms. The van der Waals surface area contributed by atoms with Crippen LogP contribution in [0.15, 0.2) is 40.6 Å². The van der Waals surface area contributed by atoms with E-state index in [-0.39, 0.29) is 11.8 Å². The van der Waals surface area contributed by atoms with E-state index in [0.717, 1.165) is 12.1 Å². The fourth-order valence-electron chi connectivity index (χ4n) is 2.01. The second kappa shape index (κ2) is 4.47. The predicted octanol–water partition coefficient (Wildman–Crippen LogP) is 2.57. The van der Waals surface area contributed by atoms with Gasteiger partial charge in [0.05, 0.1) is 11.6 Å². The Bertz CT molecular complexity index is 416. The van der Waals surface area contributed by atoms with Gasteiger partial charge in [-0.15, -0.1) is 0 Å². The number of hydrogen-bond acceptors (Lipinski definition) is 2. The highest BCUT2D eigenvalue weighted by Crippen LogP contribution is 2.32. The van der Waals surface area contributed by atoms with Crippen molar-refractivity contribution in [2.45, 2.75) is 19.8 Å². The summed E-state index contributed by atoms with van der Waals surface area (Å²) in [6.07, 6.45) is 11.6. The number of aliphatic imine (C=N–C) groups is 1. The molecule has 1 aliphatic carbocycles. The topological polar surface area (TPSA) is 49.7 Å². The molecule has 16 heavy (non-hydrogen) atoms. The Morgan fingerprint density at radius 2 is 2.50 bits per heavy atom. The molecule has 2 atom stereocenters. The number of allylic oxidation sites excluding steroid dienone is 5. The zero-order chi connectivity index (χ0) is 11.5. The summed E-state index contributed by atoms with van der Waals surface area (Å²) in [6.45, 7) is 1.74. The molecule has 1 N–H and O–H groups in total. The molecule has 1 heterocycles. The van der Waals surface area contributed by atoms with E-state index in [2.05, 4.69) is 17.1 Å². The van der Waals surface area contributed by atoms with Gasteiger partial charge in [-0.05, 0) is 24.5 Å². The van der Waals surface area contributed by atoms with E-state index in [0.29, 0.717) is 6.42 Å². The van der Waals surface area contributed by atoms with Crippen molar-refractivity contribution in [1.29, 1.82) is 0 Å². The fraction of sp³-hybridized carbons (Fsp3) is 0.385. The summed E-state index contributed by atoms with van der Waals surface area (Å²) in [6, 6.07) is 0. The van der Waals surface area contributed by atoms with Crippen LogP contribution >= 0.6 is 0 Å². The molecule has 0 radical (unpaired) electrons. The lowest BCUT2D eigenvalue weighted by molar-refractivity contribution is -0.141. The maximum Gasteiger partial charge on any atom is 0.306 e. The minimum Gasteiger partial charge on any atom is -0.481 e. The number of hydrogen-bond donors (Lipinski definition) is 1. The second-order valence-corrected chi connectivity index (χ2v) is 4.23. The Hall–Kier alpha value is -1.64. The first kappa shape index (κ1) is 10.9. The van der Waals surface area contributed by atoms with Crippen LogP contribution < -0.4 is 0 Å². The Morgan fingerprint density at radius 3 is 3.25 bits per heavy atom. The molecular formula is C13H15NO2. The maximum absolute atomic E-state index is 10.8. The number of rotatable bonds is 3. The van der Waals surface area contributed by atoms with Crippen LogP contribution in [-0.4, -0.2) is 17.3 Å². The summed E-state index contributed by atoms with van der Waals surface area (Å²) >= 11 is 0. The summed E-state index contributed by atoms with van der Waals surface area (Å²) in [5.41, 5.74) is 2.16. The highest BCUT2D eigenvalue weighted by Gasteiger charge is 2.25. The van der Waals surface area contributed by atoms with Crippen molar-refractivity contribution in [2.24, 2.45) is 16.8 Å². The number of aliphatic carboxylic acids is 1. The minimum atomic E-state index is -0.738. The molecule has 0 saturated carbocycles. The van der Waals surface area contributed by atoms with E-state index in [9.17, 15) is 4.79 Å². The van der Waals surface area contributed by atoms with Gasteiger partial charge in [0.1, 0.15) is 0 Å². The second-order valence-electron chi connectivity index (χ2n) is 4.23. The average Bonchev–Trinajstić information content (AvgIpc) is 2.50.